The minimum Gasteiger partial charge on any atom is -0.481 e. The number of hydrogen-bond acceptors (Lipinski definition) is 4. The van der Waals surface area contributed by atoms with Crippen LogP contribution in [0.4, 0.5) is 0 Å². The second-order valence-corrected chi connectivity index (χ2v) is 4.39. The summed E-state index contributed by atoms with van der Waals surface area (Å²) in [5, 5.41) is 3.07. The van der Waals surface area contributed by atoms with Gasteiger partial charge in [0, 0.05) is 19.2 Å². The van der Waals surface area contributed by atoms with Crippen LogP contribution in [-0.4, -0.2) is 37.3 Å². The zero-order chi connectivity index (χ0) is 13.5. The van der Waals surface area contributed by atoms with Gasteiger partial charge in [-0.1, -0.05) is 6.07 Å². The van der Waals surface area contributed by atoms with Crippen molar-refractivity contribution in [1.82, 2.24) is 10.3 Å². The number of rotatable bonds is 5. The van der Waals surface area contributed by atoms with E-state index in [9.17, 15) is 0 Å². The molecule has 1 aliphatic rings. The molecule has 1 saturated heterocycles. The number of methoxy groups -OCH3 is 1. The van der Waals surface area contributed by atoms with E-state index >= 15 is 0 Å². The van der Waals surface area contributed by atoms with Crippen molar-refractivity contribution in [2.24, 2.45) is 10.7 Å². The van der Waals surface area contributed by atoms with Gasteiger partial charge in [0.05, 0.1) is 25.5 Å². The number of aliphatic imine (C=N–C) groups is 1. The van der Waals surface area contributed by atoms with Crippen molar-refractivity contribution in [3.63, 3.8) is 0 Å². The Morgan fingerprint density at radius 3 is 3.26 bits per heavy atom. The number of aromatic nitrogens is 1. The lowest BCUT2D eigenvalue weighted by Crippen LogP contribution is -2.37. The third-order valence-corrected chi connectivity index (χ3v) is 2.94. The van der Waals surface area contributed by atoms with Crippen molar-refractivity contribution in [1.29, 1.82) is 0 Å². The maximum atomic E-state index is 5.79. The third kappa shape index (κ3) is 4.40. The van der Waals surface area contributed by atoms with Crippen LogP contribution in [0.25, 0.3) is 0 Å². The van der Waals surface area contributed by atoms with Crippen LogP contribution in [0, 0.1) is 0 Å². The first-order chi connectivity index (χ1) is 9.28. The number of ether oxygens (including phenoxy) is 2. The molecule has 6 nitrogen and oxygen atoms in total. The molecular weight excluding hydrogens is 244 g/mol. The van der Waals surface area contributed by atoms with E-state index in [1.54, 1.807) is 13.2 Å². The second-order valence-electron chi connectivity index (χ2n) is 4.39. The Morgan fingerprint density at radius 2 is 2.53 bits per heavy atom. The van der Waals surface area contributed by atoms with Gasteiger partial charge in [-0.15, -0.1) is 0 Å². The van der Waals surface area contributed by atoms with E-state index in [0.717, 1.165) is 25.1 Å². The van der Waals surface area contributed by atoms with Gasteiger partial charge in [0.1, 0.15) is 0 Å². The molecule has 1 aliphatic heterocycles. The van der Waals surface area contributed by atoms with E-state index < -0.39 is 0 Å². The van der Waals surface area contributed by atoms with Crippen molar-refractivity contribution in [2.75, 3.05) is 20.3 Å². The summed E-state index contributed by atoms with van der Waals surface area (Å²) < 4.78 is 10.5. The quantitative estimate of drug-likeness (QED) is 0.603. The zero-order valence-corrected chi connectivity index (χ0v) is 11.1. The van der Waals surface area contributed by atoms with Crippen LogP contribution in [0.1, 0.15) is 18.5 Å². The molecule has 2 heterocycles. The second kappa shape index (κ2) is 6.94. The Kier molecular flexibility index (Phi) is 4.97. The predicted molar refractivity (Wildman–Crippen MR) is 73.1 cm³/mol. The molecule has 0 aromatic carbocycles. The molecule has 0 bridgehead atoms. The average molecular weight is 264 g/mol. The highest BCUT2D eigenvalue weighted by Crippen LogP contribution is 2.10. The van der Waals surface area contributed by atoms with Gasteiger partial charge in [-0.2, -0.15) is 0 Å². The van der Waals surface area contributed by atoms with Crippen molar-refractivity contribution in [2.45, 2.75) is 25.5 Å². The Hall–Kier alpha value is -1.82. The van der Waals surface area contributed by atoms with Gasteiger partial charge in [0.25, 0.3) is 0 Å². The van der Waals surface area contributed by atoms with Gasteiger partial charge in [-0.3, -0.25) is 0 Å². The molecule has 0 radical (unpaired) electrons. The van der Waals surface area contributed by atoms with E-state index in [2.05, 4.69) is 15.3 Å². The van der Waals surface area contributed by atoms with E-state index in [4.69, 9.17) is 15.2 Å². The van der Waals surface area contributed by atoms with Gasteiger partial charge in [0.2, 0.25) is 5.88 Å². The van der Waals surface area contributed by atoms with Gasteiger partial charge in [0.15, 0.2) is 5.96 Å². The molecule has 1 aromatic heterocycles. The van der Waals surface area contributed by atoms with Crippen LogP contribution in [0.3, 0.4) is 0 Å². The summed E-state index contributed by atoms with van der Waals surface area (Å²) in [7, 11) is 1.59. The first-order valence-electron chi connectivity index (χ1n) is 6.43. The van der Waals surface area contributed by atoms with Gasteiger partial charge >= 0.3 is 0 Å². The average Bonchev–Trinajstić information content (AvgIpc) is 2.96. The van der Waals surface area contributed by atoms with Gasteiger partial charge in [-0.25, -0.2) is 9.98 Å². The van der Waals surface area contributed by atoms with Crippen molar-refractivity contribution >= 4 is 5.96 Å². The smallest absolute Gasteiger partial charge is 0.213 e. The minimum absolute atomic E-state index is 0.253. The van der Waals surface area contributed by atoms with E-state index in [1.165, 1.54) is 0 Å². The van der Waals surface area contributed by atoms with Gasteiger partial charge in [-0.05, 0) is 18.9 Å². The molecule has 0 amide bonds. The van der Waals surface area contributed by atoms with E-state index in [1.807, 2.05) is 12.1 Å². The molecule has 0 saturated carbocycles. The summed E-state index contributed by atoms with van der Waals surface area (Å²) in [6, 6.07) is 5.57. The van der Waals surface area contributed by atoms with Crippen LogP contribution >= 0.6 is 0 Å². The van der Waals surface area contributed by atoms with Crippen LogP contribution in [0.2, 0.25) is 0 Å². The number of hydrogen-bond donors (Lipinski definition) is 2. The number of nitrogens with two attached hydrogens (primary N) is 1. The first-order valence-corrected chi connectivity index (χ1v) is 6.43. The summed E-state index contributed by atoms with van der Waals surface area (Å²) in [6.07, 6.45) is 2.46. The highest BCUT2D eigenvalue weighted by molar-refractivity contribution is 5.77. The molecule has 3 N–H and O–H groups in total. The summed E-state index contributed by atoms with van der Waals surface area (Å²) in [4.78, 5) is 8.50. The summed E-state index contributed by atoms with van der Waals surface area (Å²) in [5.41, 5.74) is 6.62. The molecule has 1 aromatic rings. The third-order valence-electron chi connectivity index (χ3n) is 2.94. The number of pyridine rings is 1. The lowest BCUT2D eigenvalue weighted by molar-refractivity contribution is 0.114. The molecule has 0 spiro atoms. The Morgan fingerprint density at radius 1 is 1.63 bits per heavy atom. The fourth-order valence-electron chi connectivity index (χ4n) is 1.91. The topological polar surface area (TPSA) is 81.8 Å². The van der Waals surface area contributed by atoms with E-state index in [-0.39, 0.29) is 6.10 Å². The predicted octanol–water partition coefficient (Wildman–Crippen LogP) is 0.673. The molecule has 104 valence electrons. The van der Waals surface area contributed by atoms with Crippen LogP contribution in [0.15, 0.2) is 23.2 Å². The molecule has 1 atom stereocenters. The number of nitrogens with zero attached hydrogens (tertiary/aromatic N) is 2. The molecule has 19 heavy (non-hydrogen) atoms. The highest BCUT2D eigenvalue weighted by Gasteiger charge is 2.14. The SMILES string of the molecule is COc1cccc(CN=C(N)NCC2CCCO2)n1. The highest BCUT2D eigenvalue weighted by atomic mass is 16.5. The Labute approximate surface area is 113 Å². The maximum Gasteiger partial charge on any atom is 0.213 e. The summed E-state index contributed by atoms with van der Waals surface area (Å²) in [6.45, 7) is 1.99. The lowest BCUT2D eigenvalue weighted by atomic mass is 10.2. The number of guanidine groups is 1. The van der Waals surface area contributed by atoms with E-state index in [0.29, 0.717) is 24.9 Å². The van der Waals surface area contributed by atoms with Crippen LogP contribution < -0.4 is 15.8 Å². The van der Waals surface area contributed by atoms with Gasteiger partial charge < -0.3 is 20.5 Å². The van der Waals surface area contributed by atoms with Crippen molar-refractivity contribution in [3.05, 3.63) is 23.9 Å². The normalized spacial score (nSPS) is 19.4. The summed E-state index contributed by atoms with van der Waals surface area (Å²) >= 11 is 0. The Balaban J connectivity index is 1.79. The molecule has 0 aliphatic carbocycles. The molecule has 1 unspecified atom stereocenters. The fourth-order valence-corrected chi connectivity index (χ4v) is 1.91. The molecule has 1 fully saturated rings. The standard InChI is InChI=1S/C13H20N4O2/c1-18-12-6-2-4-10(17-12)8-15-13(14)16-9-11-5-3-7-19-11/h2,4,6,11H,3,5,7-9H2,1H3,(H3,14,15,16). The maximum absolute atomic E-state index is 5.79. The largest absolute Gasteiger partial charge is 0.481 e. The molecule has 2 rings (SSSR count). The van der Waals surface area contributed by atoms with Crippen LogP contribution in [-0.2, 0) is 11.3 Å². The number of nitrogens with one attached hydrogen (secondary N) is 1. The Bertz CT molecular complexity index is 430. The summed E-state index contributed by atoms with van der Waals surface area (Å²) in [5.74, 6) is 0.999. The molecular formula is C13H20N4O2. The first kappa shape index (κ1) is 13.6. The molecule has 6 heteroatoms. The lowest BCUT2D eigenvalue weighted by Gasteiger charge is -2.11. The van der Waals surface area contributed by atoms with Crippen molar-refractivity contribution < 1.29 is 9.47 Å². The fraction of sp³-hybridized carbons (Fsp3) is 0.538. The van der Waals surface area contributed by atoms with Crippen molar-refractivity contribution in [3.8, 4) is 5.88 Å². The van der Waals surface area contributed by atoms with Crippen LogP contribution in [0.5, 0.6) is 5.88 Å². The minimum atomic E-state index is 0.253. The zero-order valence-electron chi connectivity index (χ0n) is 11.1. The monoisotopic (exact) mass is 264 g/mol.